The van der Waals surface area contributed by atoms with Crippen LogP contribution in [0.5, 0.6) is 5.75 Å². The Kier molecular flexibility index (Phi) is 4.96. The molecule has 1 fully saturated rings. The van der Waals surface area contributed by atoms with E-state index in [9.17, 15) is 4.79 Å². The van der Waals surface area contributed by atoms with Crippen molar-refractivity contribution >= 4 is 16.7 Å². The lowest BCUT2D eigenvalue weighted by atomic mass is 10.0. The van der Waals surface area contributed by atoms with Gasteiger partial charge in [0.25, 0.3) is 5.91 Å². The minimum absolute atomic E-state index is 0.0732. The summed E-state index contributed by atoms with van der Waals surface area (Å²) in [5.41, 5.74) is 2.06. The highest BCUT2D eigenvalue weighted by molar-refractivity contribution is 5.94. The van der Waals surface area contributed by atoms with Crippen molar-refractivity contribution in [1.29, 1.82) is 5.26 Å². The van der Waals surface area contributed by atoms with Gasteiger partial charge in [0.05, 0.1) is 31.9 Å². The van der Waals surface area contributed by atoms with Crippen LogP contribution in [0.4, 0.5) is 0 Å². The molecule has 1 aliphatic heterocycles. The highest BCUT2D eigenvalue weighted by atomic mass is 16.5. The van der Waals surface area contributed by atoms with Crippen molar-refractivity contribution in [2.24, 2.45) is 0 Å². The number of fused-ring (bicyclic) bond motifs is 1. The molecule has 1 heterocycles. The van der Waals surface area contributed by atoms with Crippen molar-refractivity contribution in [1.82, 2.24) is 4.90 Å². The van der Waals surface area contributed by atoms with Gasteiger partial charge in [-0.1, -0.05) is 24.3 Å². The van der Waals surface area contributed by atoms with Gasteiger partial charge in [0, 0.05) is 12.1 Å². The van der Waals surface area contributed by atoms with E-state index in [1.165, 1.54) is 0 Å². The maximum atomic E-state index is 12.9. The monoisotopic (exact) mass is 372 g/mol. The number of hydrogen-bond donors (Lipinski definition) is 0. The largest absolute Gasteiger partial charge is 0.497 e. The second-order valence-electron chi connectivity index (χ2n) is 6.78. The zero-order valence-electron chi connectivity index (χ0n) is 15.6. The fourth-order valence-corrected chi connectivity index (χ4v) is 3.51. The Labute approximate surface area is 163 Å². The molecule has 5 heteroatoms. The topological polar surface area (TPSA) is 62.6 Å². The first-order valence-electron chi connectivity index (χ1n) is 9.16. The highest BCUT2D eigenvalue weighted by Crippen LogP contribution is 2.28. The number of amides is 1. The summed E-state index contributed by atoms with van der Waals surface area (Å²) < 4.78 is 11.2. The van der Waals surface area contributed by atoms with Crippen molar-refractivity contribution in [2.45, 2.75) is 6.10 Å². The molecule has 1 atom stereocenters. The molecule has 3 aromatic carbocycles. The molecule has 0 aromatic heterocycles. The van der Waals surface area contributed by atoms with E-state index < -0.39 is 0 Å². The van der Waals surface area contributed by atoms with E-state index in [0.717, 1.165) is 22.1 Å². The zero-order chi connectivity index (χ0) is 19.5. The molecule has 1 saturated heterocycles. The van der Waals surface area contributed by atoms with E-state index in [1.807, 2.05) is 30.3 Å². The first-order valence-corrected chi connectivity index (χ1v) is 9.16. The fraction of sp³-hybridized carbons (Fsp3) is 0.217. The maximum Gasteiger partial charge on any atom is 0.254 e. The average molecular weight is 372 g/mol. The summed E-state index contributed by atoms with van der Waals surface area (Å²) >= 11 is 0. The minimum Gasteiger partial charge on any atom is -0.497 e. The molecule has 0 radical (unpaired) electrons. The van der Waals surface area contributed by atoms with Crippen LogP contribution in [0, 0.1) is 11.3 Å². The van der Waals surface area contributed by atoms with Crippen molar-refractivity contribution in [2.75, 3.05) is 26.8 Å². The fourth-order valence-electron chi connectivity index (χ4n) is 3.51. The molecule has 140 valence electrons. The molecular weight excluding hydrogens is 352 g/mol. The van der Waals surface area contributed by atoms with Crippen molar-refractivity contribution in [3.05, 3.63) is 77.4 Å². The van der Waals surface area contributed by atoms with Crippen LogP contribution in [0.15, 0.2) is 60.7 Å². The van der Waals surface area contributed by atoms with E-state index in [-0.39, 0.29) is 12.0 Å². The van der Waals surface area contributed by atoms with Crippen LogP contribution in [-0.4, -0.2) is 37.6 Å². The lowest BCUT2D eigenvalue weighted by Gasteiger charge is -2.33. The van der Waals surface area contributed by atoms with Crippen LogP contribution >= 0.6 is 0 Å². The molecule has 1 amide bonds. The Bertz CT molecular complexity index is 1070. The van der Waals surface area contributed by atoms with Gasteiger partial charge in [0.1, 0.15) is 11.9 Å². The third kappa shape index (κ3) is 3.55. The van der Waals surface area contributed by atoms with Crippen LogP contribution in [0.25, 0.3) is 10.8 Å². The van der Waals surface area contributed by atoms with Crippen molar-refractivity contribution < 1.29 is 14.3 Å². The zero-order valence-corrected chi connectivity index (χ0v) is 15.6. The van der Waals surface area contributed by atoms with Gasteiger partial charge in [-0.3, -0.25) is 4.79 Å². The molecule has 5 nitrogen and oxygen atoms in total. The second-order valence-corrected chi connectivity index (χ2v) is 6.78. The first kappa shape index (κ1) is 18.0. The van der Waals surface area contributed by atoms with Crippen LogP contribution in [0.2, 0.25) is 0 Å². The number of carbonyl (C=O) groups excluding carboxylic acids is 1. The molecule has 0 N–H and O–H groups in total. The van der Waals surface area contributed by atoms with Gasteiger partial charge < -0.3 is 14.4 Å². The van der Waals surface area contributed by atoms with E-state index in [1.54, 1.807) is 36.3 Å². The van der Waals surface area contributed by atoms with Gasteiger partial charge in [-0.25, -0.2) is 0 Å². The number of methoxy groups -OCH3 is 1. The lowest BCUT2D eigenvalue weighted by Crippen LogP contribution is -2.42. The molecule has 0 saturated carbocycles. The number of hydrogen-bond acceptors (Lipinski definition) is 4. The van der Waals surface area contributed by atoms with Crippen LogP contribution in [0.3, 0.4) is 0 Å². The second kappa shape index (κ2) is 7.71. The normalized spacial score (nSPS) is 16.6. The summed E-state index contributed by atoms with van der Waals surface area (Å²) in [6.07, 6.45) is -0.177. The summed E-state index contributed by atoms with van der Waals surface area (Å²) in [7, 11) is 1.66. The molecule has 3 aromatic rings. The Hall–Kier alpha value is -3.36. The lowest BCUT2D eigenvalue weighted by molar-refractivity contribution is -0.0227. The molecule has 28 heavy (non-hydrogen) atoms. The van der Waals surface area contributed by atoms with E-state index >= 15 is 0 Å². The summed E-state index contributed by atoms with van der Waals surface area (Å²) in [6.45, 7) is 1.50. The molecule has 0 spiro atoms. The molecule has 0 aliphatic carbocycles. The number of carbonyl (C=O) groups is 1. The van der Waals surface area contributed by atoms with Gasteiger partial charge in [0.2, 0.25) is 0 Å². The van der Waals surface area contributed by atoms with Gasteiger partial charge in [-0.15, -0.1) is 0 Å². The van der Waals surface area contributed by atoms with Crippen LogP contribution < -0.4 is 4.74 Å². The summed E-state index contributed by atoms with van der Waals surface area (Å²) in [5, 5.41) is 11.3. The molecule has 1 aliphatic rings. The Balaban J connectivity index is 1.55. The number of nitriles is 1. The third-order valence-electron chi connectivity index (χ3n) is 5.04. The third-order valence-corrected chi connectivity index (χ3v) is 5.04. The Morgan fingerprint density at radius 3 is 2.79 bits per heavy atom. The van der Waals surface area contributed by atoms with E-state index in [0.29, 0.717) is 30.8 Å². The quantitative estimate of drug-likeness (QED) is 0.699. The highest BCUT2D eigenvalue weighted by Gasteiger charge is 2.26. The summed E-state index contributed by atoms with van der Waals surface area (Å²) in [4.78, 5) is 14.7. The molecule has 1 unspecified atom stereocenters. The number of ether oxygens (including phenoxy) is 2. The van der Waals surface area contributed by atoms with Crippen LogP contribution in [-0.2, 0) is 4.74 Å². The Morgan fingerprint density at radius 1 is 1.14 bits per heavy atom. The van der Waals surface area contributed by atoms with Gasteiger partial charge in [-0.05, 0) is 52.7 Å². The maximum absolute atomic E-state index is 12.9. The summed E-state index contributed by atoms with van der Waals surface area (Å²) in [5.74, 6) is 0.751. The Morgan fingerprint density at radius 2 is 1.96 bits per heavy atom. The number of rotatable bonds is 3. The van der Waals surface area contributed by atoms with Gasteiger partial charge in [0.15, 0.2) is 0 Å². The predicted octanol–water partition coefficient (Wildman–Crippen LogP) is 3.93. The SMILES string of the molecule is COc1ccc2cc(C3CN(C(=O)c4cccc(C#N)c4)CCO3)ccc2c1. The first-order chi connectivity index (χ1) is 13.7. The molecule has 4 rings (SSSR count). The standard InChI is InChI=1S/C23H20N2O3/c1-27-21-8-7-17-12-19(6-5-18(17)13-21)22-15-25(9-10-28-22)23(26)20-4-2-3-16(11-20)14-24/h2-8,11-13,22H,9-10,15H2,1H3. The van der Waals surface area contributed by atoms with Crippen molar-refractivity contribution in [3.63, 3.8) is 0 Å². The minimum atomic E-state index is -0.177. The summed E-state index contributed by atoms with van der Waals surface area (Å²) in [6, 6.07) is 21.0. The van der Waals surface area contributed by atoms with Gasteiger partial charge >= 0.3 is 0 Å². The van der Waals surface area contributed by atoms with E-state index in [4.69, 9.17) is 14.7 Å². The average Bonchev–Trinajstić information content (AvgIpc) is 2.78. The predicted molar refractivity (Wildman–Crippen MR) is 106 cm³/mol. The van der Waals surface area contributed by atoms with E-state index in [2.05, 4.69) is 12.1 Å². The number of benzene rings is 3. The van der Waals surface area contributed by atoms with Crippen LogP contribution in [0.1, 0.15) is 27.6 Å². The molecule has 0 bridgehead atoms. The smallest absolute Gasteiger partial charge is 0.254 e. The van der Waals surface area contributed by atoms with Gasteiger partial charge in [-0.2, -0.15) is 5.26 Å². The molecular formula is C23H20N2O3. The number of nitrogens with zero attached hydrogens (tertiary/aromatic N) is 2. The van der Waals surface area contributed by atoms with Crippen molar-refractivity contribution in [3.8, 4) is 11.8 Å². The number of morpholine rings is 1.